The molecule has 1 fully saturated rings. The molecule has 42 heavy (non-hydrogen) atoms. The minimum Gasteiger partial charge on any atom is -0.288 e. The Bertz CT molecular complexity index is 1540. The van der Waals surface area contributed by atoms with Crippen molar-refractivity contribution in [3.05, 3.63) is 161 Å². The van der Waals surface area contributed by atoms with Crippen molar-refractivity contribution >= 4 is 23.0 Å². The second-order valence-corrected chi connectivity index (χ2v) is 12.0. The minimum atomic E-state index is -0.507. The fourth-order valence-electron chi connectivity index (χ4n) is 6.10. The number of hydrogen-bond donors (Lipinski definition) is 0. The highest BCUT2D eigenvalue weighted by molar-refractivity contribution is 8.14. The van der Waals surface area contributed by atoms with E-state index in [2.05, 4.69) is 107 Å². The molecule has 1 aliphatic heterocycles. The van der Waals surface area contributed by atoms with Crippen molar-refractivity contribution in [3.63, 3.8) is 0 Å². The molecule has 1 unspecified atom stereocenters. The van der Waals surface area contributed by atoms with E-state index in [0.717, 1.165) is 24.4 Å². The predicted octanol–water partition coefficient (Wildman–Crippen LogP) is 7.06. The van der Waals surface area contributed by atoms with Crippen molar-refractivity contribution < 1.29 is 4.79 Å². The summed E-state index contributed by atoms with van der Waals surface area (Å²) in [5.41, 5.74) is 6.22. The summed E-state index contributed by atoms with van der Waals surface area (Å²) in [6, 6.07) is 40.4. The Hall–Kier alpha value is -4.26. The van der Waals surface area contributed by atoms with Crippen LogP contribution in [-0.2, 0) is 16.9 Å². The molecule has 0 spiro atoms. The zero-order valence-electron chi connectivity index (χ0n) is 23.7. The first-order valence-corrected chi connectivity index (χ1v) is 15.2. The van der Waals surface area contributed by atoms with E-state index in [-0.39, 0.29) is 10.4 Å². The van der Waals surface area contributed by atoms with E-state index in [1.54, 1.807) is 13.1 Å². The number of thioether (sulfide) groups is 1. The first-order chi connectivity index (χ1) is 20.6. The summed E-state index contributed by atoms with van der Waals surface area (Å²) in [6.07, 6.45) is 6.85. The monoisotopic (exact) mass is 570 g/mol. The number of rotatable bonds is 8. The molecule has 0 saturated carbocycles. The fraction of sp³-hybridized carbons (Fsp3) is 0.194. The number of nitrogens with zero attached hydrogens (tertiary/aromatic N) is 4. The number of pyridine rings is 1. The van der Waals surface area contributed by atoms with Gasteiger partial charge >= 0.3 is 0 Å². The highest BCUT2D eigenvalue weighted by Crippen LogP contribution is 2.45. The van der Waals surface area contributed by atoms with Crippen LogP contribution in [0.4, 0.5) is 0 Å². The number of aromatic nitrogens is 3. The van der Waals surface area contributed by atoms with E-state index >= 15 is 0 Å². The van der Waals surface area contributed by atoms with Gasteiger partial charge in [-0.1, -0.05) is 109 Å². The van der Waals surface area contributed by atoms with Crippen LogP contribution in [0.5, 0.6) is 0 Å². The summed E-state index contributed by atoms with van der Waals surface area (Å²) >= 11 is 1.43. The average molecular weight is 571 g/mol. The van der Waals surface area contributed by atoms with Gasteiger partial charge < -0.3 is 0 Å². The molecule has 6 heteroatoms. The molecule has 3 heterocycles. The molecule has 5 aromatic rings. The SMILES string of the molecule is CC(=O)SC1CCN(C(c2ccccc2)(c2ccccc2)c2ccccc2)CC1=Cc1ccn(Cc2ccccn2)n1. The second-order valence-electron chi connectivity index (χ2n) is 10.6. The summed E-state index contributed by atoms with van der Waals surface area (Å²) < 4.78 is 1.92. The lowest BCUT2D eigenvalue weighted by Gasteiger charge is -2.49. The molecule has 5 nitrogen and oxygen atoms in total. The van der Waals surface area contributed by atoms with Gasteiger partial charge in [-0.2, -0.15) is 5.10 Å². The minimum absolute atomic E-state index is 0.0970. The third kappa shape index (κ3) is 5.87. The maximum atomic E-state index is 12.4. The van der Waals surface area contributed by atoms with Crippen LogP contribution in [0, 0.1) is 0 Å². The Balaban J connectivity index is 1.43. The third-order valence-corrected chi connectivity index (χ3v) is 9.01. The third-order valence-electron chi connectivity index (χ3n) is 7.85. The first-order valence-electron chi connectivity index (χ1n) is 14.4. The zero-order valence-corrected chi connectivity index (χ0v) is 24.5. The molecule has 1 saturated heterocycles. The van der Waals surface area contributed by atoms with Crippen LogP contribution < -0.4 is 0 Å². The molecule has 0 N–H and O–H groups in total. The van der Waals surface area contributed by atoms with Crippen molar-refractivity contribution in [2.45, 2.75) is 30.7 Å². The molecule has 0 aliphatic carbocycles. The van der Waals surface area contributed by atoms with E-state index in [1.165, 1.54) is 34.0 Å². The van der Waals surface area contributed by atoms with Crippen LogP contribution in [-0.4, -0.2) is 43.1 Å². The molecule has 3 aromatic carbocycles. The van der Waals surface area contributed by atoms with Crippen molar-refractivity contribution in [2.75, 3.05) is 13.1 Å². The summed E-state index contributed by atoms with van der Waals surface area (Å²) in [4.78, 5) is 19.4. The Kier molecular flexibility index (Phi) is 8.45. The number of hydrogen-bond acceptors (Lipinski definition) is 5. The smallest absolute Gasteiger partial charge is 0.186 e. The Labute approximate surface area is 251 Å². The van der Waals surface area contributed by atoms with E-state index in [4.69, 9.17) is 5.10 Å². The molecule has 210 valence electrons. The molecule has 1 aliphatic rings. The largest absolute Gasteiger partial charge is 0.288 e. The van der Waals surface area contributed by atoms with Crippen molar-refractivity contribution in [2.24, 2.45) is 0 Å². The van der Waals surface area contributed by atoms with Crippen LogP contribution in [0.15, 0.2) is 133 Å². The van der Waals surface area contributed by atoms with Gasteiger partial charge in [0.25, 0.3) is 0 Å². The highest BCUT2D eigenvalue weighted by Gasteiger charge is 2.44. The van der Waals surface area contributed by atoms with Crippen LogP contribution in [0.3, 0.4) is 0 Å². The van der Waals surface area contributed by atoms with Crippen LogP contribution >= 0.6 is 11.8 Å². The fourth-order valence-corrected chi connectivity index (χ4v) is 7.01. The number of piperidine rings is 1. The number of benzene rings is 3. The number of carbonyl (C=O) groups is 1. The summed E-state index contributed by atoms with van der Waals surface area (Å²) in [5, 5.41) is 5.10. The van der Waals surface area contributed by atoms with Crippen molar-refractivity contribution in [1.29, 1.82) is 0 Å². The lowest BCUT2D eigenvalue weighted by Crippen LogP contribution is -2.52. The van der Waals surface area contributed by atoms with Gasteiger partial charge in [-0.25, -0.2) is 0 Å². The van der Waals surface area contributed by atoms with Gasteiger partial charge in [0.2, 0.25) is 0 Å². The average Bonchev–Trinajstić information content (AvgIpc) is 3.47. The Morgan fingerprint density at radius 3 is 2.00 bits per heavy atom. The van der Waals surface area contributed by atoms with Crippen molar-refractivity contribution in [1.82, 2.24) is 19.7 Å². The summed E-state index contributed by atoms with van der Waals surface area (Å²) in [6.45, 7) is 3.82. The highest BCUT2D eigenvalue weighted by atomic mass is 32.2. The lowest BCUT2D eigenvalue weighted by molar-refractivity contribution is -0.109. The van der Waals surface area contributed by atoms with Crippen LogP contribution in [0.25, 0.3) is 6.08 Å². The molecule has 6 rings (SSSR count). The summed E-state index contributed by atoms with van der Waals surface area (Å²) in [7, 11) is 0. The van der Waals surface area contributed by atoms with E-state index in [1.807, 2.05) is 35.1 Å². The number of carbonyl (C=O) groups excluding carboxylic acids is 1. The van der Waals surface area contributed by atoms with Gasteiger partial charge in [-0.3, -0.25) is 19.4 Å². The van der Waals surface area contributed by atoms with Gasteiger partial charge in [-0.15, -0.1) is 0 Å². The molecule has 0 radical (unpaired) electrons. The van der Waals surface area contributed by atoms with Crippen LogP contribution in [0.1, 0.15) is 41.4 Å². The standard InChI is InChI=1S/C36H34N4OS/c1-28(41)42-35-21-23-39(26-29(35)25-33-20-24-40(38-33)27-34-19-11-12-22-37-34)36(30-13-5-2-6-14-30,31-15-7-3-8-16-31)32-17-9-4-10-18-32/h2-20,22,24-25,35H,21,23,26-27H2,1H3. The van der Waals surface area contributed by atoms with E-state index in [9.17, 15) is 4.79 Å². The maximum Gasteiger partial charge on any atom is 0.186 e. The predicted molar refractivity (Wildman–Crippen MR) is 171 cm³/mol. The molecular weight excluding hydrogens is 536 g/mol. The normalized spacial score (nSPS) is 16.9. The van der Waals surface area contributed by atoms with Crippen molar-refractivity contribution in [3.8, 4) is 0 Å². The summed E-state index contributed by atoms with van der Waals surface area (Å²) in [5.74, 6) is 0. The maximum absolute atomic E-state index is 12.4. The quantitative estimate of drug-likeness (QED) is 0.187. The molecule has 2 aromatic heterocycles. The molecule has 0 bridgehead atoms. The molecule has 1 atom stereocenters. The first kappa shape index (κ1) is 27.9. The van der Waals surface area contributed by atoms with Gasteiger partial charge in [0, 0.05) is 37.7 Å². The molecule has 0 amide bonds. The van der Waals surface area contributed by atoms with Gasteiger partial charge in [0.1, 0.15) is 0 Å². The number of likely N-dealkylation sites (tertiary alicyclic amines) is 1. The van der Waals surface area contributed by atoms with E-state index < -0.39 is 5.54 Å². The Morgan fingerprint density at radius 2 is 1.45 bits per heavy atom. The topological polar surface area (TPSA) is 51.0 Å². The van der Waals surface area contributed by atoms with Gasteiger partial charge in [0.15, 0.2) is 5.12 Å². The van der Waals surface area contributed by atoms with Gasteiger partial charge in [0.05, 0.1) is 23.5 Å². The molecular formula is C36H34N4OS. The van der Waals surface area contributed by atoms with E-state index in [0.29, 0.717) is 13.1 Å². The Morgan fingerprint density at radius 1 is 0.857 bits per heavy atom. The van der Waals surface area contributed by atoms with Gasteiger partial charge in [-0.05, 0) is 53.0 Å². The lowest BCUT2D eigenvalue weighted by atomic mass is 9.74. The second kappa shape index (κ2) is 12.7. The van der Waals surface area contributed by atoms with Crippen LogP contribution in [0.2, 0.25) is 0 Å². The zero-order chi connectivity index (χ0) is 28.8.